The molecular formula is C16H13BrClFN2. The van der Waals surface area contributed by atoms with E-state index in [-0.39, 0.29) is 5.82 Å². The summed E-state index contributed by atoms with van der Waals surface area (Å²) in [5, 5.41) is 0. The molecule has 0 radical (unpaired) electrons. The van der Waals surface area contributed by atoms with Gasteiger partial charge in [-0.1, -0.05) is 12.1 Å². The summed E-state index contributed by atoms with van der Waals surface area (Å²) in [6, 6.07) is 11.3. The molecule has 0 spiro atoms. The number of imidazole rings is 1. The second kappa shape index (κ2) is 5.78. The van der Waals surface area contributed by atoms with E-state index in [0.717, 1.165) is 28.1 Å². The molecule has 3 rings (SSSR count). The van der Waals surface area contributed by atoms with E-state index in [0.29, 0.717) is 16.8 Å². The molecule has 0 aliphatic rings. The minimum absolute atomic E-state index is 0.297. The quantitative estimate of drug-likeness (QED) is 0.595. The summed E-state index contributed by atoms with van der Waals surface area (Å²) in [5.74, 6) is 1.01. The molecular weight excluding hydrogens is 355 g/mol. The van der Waals surface area contributed by atoms with Gasteiger partial charge in [0.05, 0.1) is 15.5 Å². The Labute approximate surface area is 135 Å². The van der Waals surface area contributed by atoms with Gasteiger partial charge in [0, 0.05) is 24.1 Å². The first kappa shape index (κ1) is 14.5. The van der Waals surface area contributed by atoms with Crippen LogP contribution in [0.3, 0.4) is 0 Å². The van der Waals surface area contributed by atoms with Crippen molar-refractivity contribution < 1.29 is 4.39 Å². The van der Waals surface area contributed by atoms with Gasteiger partial charge < -0.3 is 0 Å². The van der Waals surface area contributed by atoms with Crippen molar-refractivity contribution in [3.63, 3.8) is 0 Å². The first-order valence-corrected chi connectivity index (χ1v) is 7.92. The van der Waals surface area contributed by atoms with Crippen molar-refractivity contribution in [2.24, 2.45) is 0 Å². The molecule has 21 heavy (non-hydrogen) atoms. The molecule has 2 aromatic carbocycles. The Morgan fingerprint density at radius 3 is 2.81 bits per heavy atom. The van der Waals surface area contributed by atoms with Gasteiger partial charge in [-0.15, -0.1) is 11.6 Å². The Balaban J connectivity index is 2.32. The molecule has 0 saturated heterocycles. The van der Waals surface area contributed by atoms with Crippen LogP contribution in [0.2, 0.25) is 0 Å². The minimum atomic E-state index is -0.297. The maximum absolute atomic E-state index is 13.9. The first-order chi connectivity index (χ1) is 10.1. The predicted molar refractivity (Wildman–Crippen MR) is 87.9 cm³/mol. The predicted octanol–water partition coefficient (Wildman–Crippen LogP) is 5.02. The van der Waals surface area contributed by atoms with Crippen LogP contribution in [0.4, 0.5) is 4.39 Å². The molecule has 2 nitrogen and oxygen atoms in total. The van der Waals surface area contributed by atoms with E-state index in [1.54, 1.807) is 6.07 Å². The normalized spacial score (nSPS) is 11.2. The third kappa shape index (κ3) is 2.70. The molecule has 1 aromatic heterocycles. The van der Waals surface area contributed by atoms with Crippen molar-refractivity contribution in [2.45, 2.75) is 13.3 Å². The van der Waals surface area contributed by atoms with Gasteiger partial charge in [-0.2, -0.15) is 0 Å². The Bertz CT molecular complexity index is 813. The lowest BCUT2D eigenvalue weighted by atomic mass is 10.2. The Morgan fingerprint density at radius 2 is 2.10 bits per heavy atom. The first-order valence-electron chi connectivity index (χ1n) is 6.59. The Kier molecular flexibility index (Phi) is 4.00. The molecule has 0 amide bonds. The number of rotatable bonds is 3. The SMILES string of the molecule is Cc1cccc(-n2c(CCCl)nc3cc(Br)c(F)cc32)c1. The zero-order valence-electron chi connectivity index (χ0n) is 11.4. The van der Waals surface area contributed by atoms with Crippen LogP contribution in [0.5, 0.6) is 0 Å². The molecule has 0 aliphatic heterocycles. The molecule has 0 bridgehead atoms. The van der Waals surface area contributed by atoms with Gasteiger partial charge in [0.15, 0.2) is 0 Å². The maximum atomic E-state index is 13.9. The van der Waals surface area contributed by atoms with Crippen LogP contribution < -0.4 is 0 Å². The van der Waals surface area contributed by atoms with Gasteiger partial charge in [0.1, 0.15) is 11.6 Å². The number of hydrogen-bond donors (Lipinski definition) is 0. The molecule has 0 aliphatic carbocycles. The molecule has 1 heterocycles. The number of nitrogens with zero attached hydrogens (tertiary/aromatic N) is 2. The van der Waals surface area contributed by atoms with Gasteiger partial charge >= 0.3 is 0 Å². The molecule has 108 valence electrons. The molecule has 0 atom stereocenters. The van der Waals surface area contributed by atoms with Crippen LogP contribution in [0.1, 0.15) is 11.4 Å². The van der Waals surface area contributed by atoms with E-state index in [9.17, 15) is 4.39 Å². The van der Waals surface area contributed by atoms with Crippen LogP contribution >= 0.6 is 27.5 Å². The average molecular weight is 368 g/mol. The Hall–Kier alpha value is -1.39. The molecule has 0 fully saturated rings. The number of benzene rings is 2. The lowest BCUT2D eigenvalue weighted by Crippen LogP contribution is -2.02. The fourth-order valence-electron chi connectivity index (χ4n) is 2.43. The number of aromatic nitrogens is 2. The smallest absolute Gasteiger partial charge is 0.139 e. The number of halogens is 3. The number of fused-ring (bicyclic) bond motifs is 1. The van der Waals surface area contributed by atoms with Crippen molar-refractivity contribution >= 4 is 38.6 Å². The highest BCUT2D eigenvalue weighted by Crippen LogP contribution is 2.27. The van der Waals surface area contributed by atoms with Crippen molar-refractivity contribution in [3.8, 4) is 5.69 Å². The summed E-state index contributed by atoms with van der Waals surface area (Å²) in [4.78, 5) is 4.59. The van der Waals surface area contributed by atoms with E-state index < -0.39 is 0 Å². The third-order valence-corrected chi connectivity index (χ3v) is 4.14. The van der Waals surface area contributed by atoms with Crippen LogP contribution in [-0.4, -0.2) is 15.4 Å². The summed E-state index contributed by atoms with van der Waals surface area (Å²) in [5.41, 5.74) is 3.62. The summed E-state index contributed by atoms with van der Waals surface area (Å²) in [6.45, 7) is 2.03. The van der Waals surface area contributed by atoms with E-state index in [4.69, 9.17) is 11.6 Å². The Morgan fingerprint density at radius 1 is 1.29 bits per heavy atom. The standard InChI is InChI=1S/C16H13BrClFN2/c1-10-3-2-4-11(7-10)21-15-9-13(19)12(17)8-14(15)20-16(21)5-6-18/h2-4,7-9H,5-6H2,1H3. The number of alkyl halides is 1. The van der Waals surface area contributed by atoms with Gasteiger partial charge in [-0.3, -0.25) is 4.57 Å². The molecule has 0 unspecified atom stereocenters. The van der Waals surface area contributed by atoms with Crippen molar-refractivity contribution in [1.82, 2.24) is 9.55 Å². The highest BCUT2D eigenvalue weighted by atomic mass is 79.9. The van der Waals surface area contributed by atoms with Crippen LogP contribution in [-0.2, 0) is 6.42 Å². The lowest BCUT2D eigenvalue weighted by Gasteiger charge is -2.09. The number of hydrogen-bond acceptors (Lipinski definition) is 1. The van der Waals surface area contributed by atoms with E-state index >= 15 is 0 Å². The molecule has 0 saturated carbocycles. The van der Waals surface area contributed by atoms with E-state index in [2.05, 4.69) is 27.0 Å². The van der Waals surface area contributed by atoms with Crippen molar-refractivity contribution in [1.29, 1.82) is 0 Å². The van der Waals surface area contributed by atoms with Crippen molar-refractivity contribution in [2.75, 3.05) is 5.88 Å². The van der Waals surface area contributed by atoms with Crippen molar-refractivity contribution in [3.05, 3.63) is 58.1 Å². The molecule has 0 N–H and O–H groups in total. The summed E-state index contributed by atoms with van der Waals surface area (Å²) in [7, 11) is 0. The third-order valence-electron chi connectivity index (χ3n) is 3.34. The zero-order valence-corrected chi connectivity index (χ0v) is 13.7. The average Bonchev–Trinajstić information content (AvgIpc) is 2.77. The highest BCUT2D eigenvalue weighted by Gasteiger charge is 2.14. The summed E-state index contributed by atoms with van der Waals surface area (Å²) in [6.07, 6.45) is 0.628. The van der Waals surface area contributed by atoms with Crippen LogP contribution in [0, 0.1) is 12.7 Å². The maximum Gasteiger partial charge on any atom is 0.139 e. The van der Waals surface area contributed by atoms with E-state index in [1.165, 1.54) is 6.07 Å². The largest absolute Gasteiger partial charge is 0.296 e. The molecule has 5 heteroatoms. The molecule has 3 aromatic rings. The fraction of sp³-hybridized carbons (Fsp3) is 0.188. The second-order valence-corrected chi connectivity index (χ2v) is 6.13. The minimum Gasteiger partial charge on any atom is -0.296 e. The fourth-order valence-corrected chi connectivity index (χ4v) is 2.93. The monoisotopic (exact) mass is 366 g/mol. The highest BCUT2D eigenvalue weighted by molar-refractivity contribution is 9.10. The zero-order chi connectivity index (χ0) is 15.0. The van der Waals surface area contributed by atoms with E-state index in [1.807, 2.05) is 29.7 Å². The number of aryl methyl sites for hydroxylation is 2. The summed E-state index contributed by atoms with van der Waals surface area (Å²) >= 11 is 9.09. The van der Waals surface area contributed by atoms with Gasteiger partial charge in [0.2, 0.25) is 0 Å². The topological polar surface area (TPSA) is 17.8 Å². The lowest BCUT2D eigenvalue weighted by molar-refractivity contribution is 0.622. The van der Waals surface area contributed by atoms with Gasteiger partial charge in [-0.05, 0) is 46.6 Å². The van der Waals surface area contributed by atoms with Gasteiger partial charge in [0.25, 0.3) is 0 Å². The van der Waals surface area contributed by atoms with Crippen LogP contribution in [0.15, 0.2) is 40.9 Å². The second-order valence-electron chi connectivity index (χ2n) is 4.90. The van der Waals surface area contributed by atoms with Gasteiger partial charge in [-0.25, -0.2) is 9.37 Å². The summed E-state index contributed by atoms with van der Waals surface area (Å²) < 4.78 is 16.3. The van der Waals surface area contributed by atoms with Crippen LogP contribution in [0.25, 0.3) is 16.7 Å².